The lowest BCUT2D eigenvalue weighted by molar-refractivity contribution is 0.106. The number of hydrogen-bond donors (Lipinski definition) is 1. The predicted octanol–water partition coefficient (Wildman–Crippen LogP) is 3.63. The van der Waals surface area contributed by atoms with Crippen LogP contribution < -0.4 is 5.32 Å². The highest BCUT2D eigenvalue weighted by Crippen LogP contribution is 2.47. The van der Waals surface area contributed by atoms with Crippen molar-refractivity contribution < 1.29 is 13.2 Å². The molecule has 0 aromatic rings. The van der Waals surface area contributed by atoms with Crippen LogP contribution in [0.3, 0.4) is 0 Å². The summed E-state index contributed by atoms with van der Waals surface area (Å²) in [7, 11) is -3.06. The zero-order valence-corrected chi connectivity index (χ0v) is 16.8. The van der Waals surface area contributed by atoms with E-state index in [0.717, 1.165) is 32.1 Å². The van der Waals surface area contributed by atoms with Crippen molar-refractivity contribution in [3.8, 4) is 0 Å². The van der Waals surface area contributed by atoms with E-state index < -0.39 is 14.6 Å². The number of nitrogens with one attached hydrogen (secondary N) is 1. The average molecular weight is 383 g/mol. The molecule has 0 radical (unpaired) electrons. The van der Waals surface area contributed by atoms with Gasteiger partial charge in [-0.2, -0.15) is 0 Å². The van der Waals surface area contributed by atoms with E-state index in [1.807, 2.05) is 0 Å². The topological polar surface area (TPSA) is 66.5 Å². The molecule has 0 aromatic heterocycles. The maximum absolute atomic E-state index is 12.7. The number of amides is 2. The first-order valence-corrected chi connectivity index (χ1v) is 12.4. The van der Waals surface area contributed by atoms with Gasteiger partial charge in [0, 0.05) is 19.1 Å². The summed E-state index contributed by atoms with van der Waals surface area (Å²) in [5.74, 6) is 0.133. The van der Waals surface area contributed by atoms with Gasteiger partial charge in [-0.15, -0.1) is 0 Å². The molecule has 1 saturated heterocycles. The third-order valence-electron chi connectivity index (χ3n) is 7.97. The van der Waals surface area contributed by atoms with Gasteiger partial charge < -0.3 is 10.2 Å². The summed E-state index contributed by atoms with van der Waals surface area (Å²) < 4.78 is 24.6. The van der Waals surface area contributed by atoms with E-state index in [0.29, 0.717) is 24.9 Å². The van der Waals surface area contributed by atoms with Crippen LogP contribution in [0.2, 0.25) is 0 Å². The Hall–Kier alpha value is -0.780. The number of sulfone groups is 1. The molecule has 0 unspecified atom stereocenters. The maximum Gasteiger partial charge on any atom is 0.317 e. The van der Waals surface area contributed by atoms with E-state index in [1.54, 1.807) is 4.90 Å². The number of urea groups is 1. The molecule has 1 N–H and O–H groups in total. The molecule has 2 amide bonds. The Morgan fingerprint density at radius 3 is 2.15 bits per heavy atom. The normalized spacial score (nSPS) is 30.5. The van der Waals surface area contributed by atoms with E-state index >= 15 is 0 Å². The third-order valence-corrected chi connectivity index (χ3v) is 10.6. The standard InChI is InChI=1S/C20H34N2O3S/c23-18(21-17-5-11-19(12-6-17)7-2-1-3-8-19)22-14-13-20(9-4-10-20)26(24,25)16-15-22/h17H,1-16H2,(H,21,23). The van der Waals surface area contributed by atoms with Crippen molar-refractivity contribution in [2.45, 2.75) is 94.3 Å². The molecule has 0 aromatic carbocycles. The van der Waals surface area contributed by atoms with Crippen LogP contribution in [-0.2, 0) is 9.84 Å². The quantitative estimate of drug-likeness (QED) is 0.753. The van der Waals surface area contributed by atoms with E-state index in [-0.39, 0.29) is 17.8 Å². The van der Waals surface area contributed by atoms with Crippen molar-refractivity contribution in [3.63, 3.8) is 0 Å². The van der Waals surface area contributed by atoms with Gasteiger partial charge in [-0.1, -0.05) is 25.7 Å². The van der Waals surface area contributed by atoms with Crippen LogP contribution in [0.15, 0.2) is 0 Å². The first-order valence-electron chi connectivity index (χ1n) is 10.7. The fourth-order valence-electron chi connectivity index (χ4n) is 5.83. The maximum atomic E-state index is 12.7. The second-order valence-electron chi connectivity index (χ2n) is 9.38. The molecule has 6 heteroatoms. The summed E-state index contributed by atoms with van der Waals surface area (Å²) in [6.45, 7) is 0.939. The van der Waals surface area contributed by atoms with Crippen LogP contribution in [0, 0.1) is 5.41 Å². The molecular formula is C20H34N2O3S. The van der Waals surface area contributed by atoms with Gasteiger partial charge >= 0.3 is 6.03 Å². The smallest absolute Gasteiger partial charge is 0.317 e. The zero-order chi connectivity index (χ0) is 18.3. The number of carbonyl (C=O) groups excluding carboxylic acids is 1. The molecule has 148 valence electrons. The van der Waals surface area contributed by atoms with Crippen molar-refractivity contribution in [3.05, 3.63) is 0 Å². The Balaban J connectivity index is 1.30. The van der Waals surface area contributed by atoms with Gasteiger partial charge in [0.15, 0.2) is 9.84 Å². The van der Waals surface area contributed by atoms with Crippen molar-refractivity contribution in [2.24, 2.45) is 5.41 Å². The molecular weight excluding hydrogens is 348 g/mol. The predicted molar refractivity (Wildman–Crippen MR) is 103 cm³/mol. The molecule has 1 heterocycles. The average Bonchev–Trinajstić information content (AvgIpc) is 2.73. The van der Waals surface area contributed by atoms with E-state index in [1.165, 1.54) is 44.9 Å². The highest BCUT2D eigenvalue weighted by Gasteiger charge is 2.50. The van der Waals surface area contributed by atoms with Gasteiger partial charge in [0.2, 0.25) is 0 Å². The summed E-state index contributed by atoms with van der Waals surface area (Å²) in [6.07, 6.45) is 14.8. The summed E-state index contributed by atoms with van der Waals surface area (Å²) in [5.41, 5.74) is 0.562. The second-order valence-corrected chi connectivity index (χ2v) is 11.9. The number of hydrogen-bond acceptors (Lipinski definition) is 3. The minimum absolute atomic E-state index is 0.0406. The Bertz CT molecular complexity index is 625. The first-order chi connectivity index (χ1) is 12.4. The van der Waals surface area contributed by atoms with E-state index in [4.69, 9.17) is 0 Å². The van der Waals surface area contributed by atoms with Crippen molar-refractivity contribution >= 4 is 15.9 Å². The molecule has 1 aliphatic heterocycles. The molecule has 26 heavy (non-hydrogen) atoms. The fourth-order valence-corrected chi connectivity index (χ4v) is 8.04. The van der Waals surface area contributed by atoms with Gasteiger partial charge in [-0.05, 0) is 63.2 Å². The molecule has 0 bridgehead atoms. The SMILES string of the molecule is O=C(NC1CCC2(CCCCC2)CC1)N1CCC2(CCC2)S(=O)(=O)CC1. The highest BCUT2D eigenvalue weighted by molar-refractivity contribution is 7.92. The van der Waals surface area contributed by atoms with Crippen molar-refractivity contribution in [1.82, 2.24) is 10.2 Å². The minimum Gasteiger partial charge on any atom is -0.335 e. The van der Waals surface area contributed by atoms with Gasteiger partial charge in [0.1, 0.15) is 0 Å². The van der Waals surface area contributed by atoms with Crippen molar-refractivity contribution in [1.29, 1.82) is 0 Å². The van der Waals surface area contributed by atoms with Crippen LogP contribution in [-0.4, -0.2) is 49.0 Å². The van der Waals surface area contributed by atoms with Gasteiger partial charge in [0.05, 0.1) is 10.5 Å². The molecule has 3 saturated carbocycles. The number of carbonyl (C=O) groups is 1. The summed E-state index contributed by atoms with van der Waals surface area (Å²) in [4.78, 5) is 14.5. The number of nitrogens with zero attached hydrogens (tertiary/aromatic N) is 1. The summed E-state index contributed by atoms with van der Waals surface area (Å²) in [6, 6.07) is 0.230. The minimum atomic E-state index is -3.06. The van der Waals surface area contributed by atoms with E-state index in [2.05, 4.69) is 5.32 Å². The second kappa shape index (κ2) is 6.99. The molecule has 4 rings (SSSR count). The molecule has 4 aliphatic rings. The molecule has 3 aliphatic carbocycles. The monoisotopic (exact) mass is 382 g/mol. The Labute approximate surface area is 158 Å². The van der Waals surface area contributed by atoms with Crippen LogP contribution >= 0.6 is 0 Å². The lowest BCUT2D eigenvalue weighted by Crippen LogP contribution is -2.48. The third kappa shape index (κ3) is 3.38. The molecule has 5 nitrogen and oxygen atoms in total. The van der Waals surface area contributed by atoms with Crippen LogP contribution in [0.4, 0.5) is 4.79 Å². The molecule has 2 spiro atoms. The fraction of sp³-hybridized carbons (Fsp3) is 0.950. The first kappa shape index (κ1) is 18.6. The Morgan fingerprint density at radius 1 is 0.846 bits per heavy atom. The van der Waals surface area contributed by atoms with E-state index in [9.17, 15) is 13.2 Å². The van der Waals surface area contributed by atoms with Crippen LogP contribution in [0.25, 0.3) is 0 Å². The van der Waals surface area contributed by atoms with Crippen LogP contribution in [0.1, 0.15) is 83.5 Å². The highest BCUT2D eigenvalue weighted by atomic mass is 32.2. The van der Waals surface area contributed by atoms with Crippen LogP contribution in [0.5, 0.6) is 0 Å². The Kier molecular flexibility index (Phi) is 4.99. The lowest BCUT2D eigenvalue weighted by Gasteiger charge is -2.43. The van der Waals surface area contributed by atoms with Crippen molar-refractivity contribution in [2.75, 3.05) is 18.8 Å². The van der Waals surface area contributed by atoms with Gasteiger partial charge in [-0.25, -0.2) is 13.2 Å². The summed E-state index contributed by atoms with van der Waals surface area (Å²) in [5, 5.41) is 3.22. The molecule has 0 atom stereocenters. The number of rotatable bonds is 1. The van der Waals surface area contributed by atoms with Gasteiger partial charge in [0.25, 0.3) is 0 Å². The molecule has 4 fully saturated rings. The lowest BCUT2D eigenvalue weighted by atomic mass is 9.64. The Morgan fingerprint density at radius 2 is 1.54 bits per heavy atom. The summed E-state index contributed by atoms with van der Waals surface area (Å²) >= 11 is 0. The van der Waals surface area contributed by atoms with Gasteiger partial charge in [-0.3, -0.25) is 0 Å². The largest absolute Gasteiger partial charge is 0.335 e. The zero-order valence-electron chi connectivity index (χ0n) is 16.0.